The van der Waals surface area contributed by atoms with Crippen molar-refractivity contribution in [1.29, 1.82) is 0 Å². The molecule has 30 heavy (non-hydrogen) atoms. The number of nitrogens with zero attached hydrogens (tertiary/aromatic N) is 5. The Labute approximate surface area is 174 Å². The van der Waals surface area contributed by atoms with Crippen LogP contribution < -0.4 is 24.8 Å². The molecule has 1 saturated heterocycles. The largest absolute Gasteiger partial charge is 0.454 e. The van der Waals surface area contributed by atoms with Crippen LogP contribution in [0.1, 0.15) is 5.56 Å². The minimum atomic E-state index is 0.296. The van der Waals surface area contributed by atoms with E-state index in [4.69, 9.17) is 19.9 Å². The summed E-state index contributed by atoms with van der Waals surface area (Å²) in [6.07, 6.45) is 4.79. The second-order valence-corrected chi connectivity index (χ2v) is 7.16. The number of fused-ring (bicyclic) bond motifs is 1. The van der Waals surface area contributed by atoms with Crippen molar-refractivity contribution in [2.75, 3.05) is 43.6 Å². The molecule has 0 aliphatic carbocycles. The smallest absolute Gasteiger partial charge is 0.248 e. The lowest BCUT2D eigenvalue weighted by Crippen LogP contribution is -2.46. The minimum absolute atomic E-state index is 0.296. The molecule has 4 heterocycles. The van der Waals surface area contributed by atoms with Gasteiger partial charge >= 0.3 is 0 Å². The standard InChI is InChI=1S/C21H22N6O3/c22-19-20(24-13-25-21(19)30-16-2-1-5-23-11-16)27-8-6-26(7-9-27)12-15-3-4-17-18(10-15)29-14-28-17/h1-5,10-11,13H,6-9,12,14,22H2. The Morgan fingerprint density at radius 3 is 2.73 bits per heavy atom. The Morgan fingerprint density at radius 1 is 1.03 bits per heavy atom. The van der Waals surface area contributed by atoms with Gasteiger partial charge in [0.05, 0.1) is 6.20 Å². The number of hydrogen-bond donors (Lipinski definition) is 1. The number of benzene rings is 1. The van der Waals surface area contributed by atoms with Gasteiger partial charge in [-0.15, -0.1) is 0 Å². The molecule has 2 aliphatic heterocycles. The van der Waals surface area contributed by atoms with E-state index in [1.165, 1.54) is 11.9 Å². The number of nitrogens with two attached hydrogens (primary N) is 1. The van der Waals surface area contributed by atoms with Crippen LogP contribution in [-0.4, -0.2) is 52.8 Å². The molecule has 154 valence electrons. The second kappa shape index (κ2) is 8.03. The molecular weight excluding hydrogens is 384 g/mol. The first-order valence-corrected chi connectivity index (χ1v) is 9.80. The van der Waals surface area contributed by atoms with Gasteiger partial charge in [-0.1, -0.05) is 6.07 Å². The van der Waals surface area contributed by atoms with Gasteiger partial charge in [0.1, 0.15) is 17.8 Å². The summed E-state index contributed by atoms with van der Waals surface area (Å²) in [6, 6.07) is 9.72. The molecule has 9 heteroatoms. The zero-order chi connectivity index (χ0) is 20.3. The number of anilines is 2. The van der Waals surface area contributed by atoms with E-state index in [9.17, 15) is 0 Å². The van der Waals surface area contributed by atoms with Gasteiger partial charge in [0.15, 0.2) is 17.3 Å². The van der Waals surface area contributed by atoms with Crippen molar-refractivity contribution < 1.29 is 14.2 Å². The summed E-state index contributed by atoms with van der Waals surface area (Å²) in [6.45, 7) is 4.59. The Bertz CT molecular complexity index is 1020. The average Bonchev–Trinajstić information content (AvgIpc) is 3.25. The van der Waals surface area contributed by atoms with Gasteiger partial charge in [0, 0.05) is 38.9 Å². The van der Waals surface area contributed by atoms with Crippen molar-refractivity contribution >= 4 is 11.5 Å². The molecule has 3 aromatic rings. The Morgan fingerprint density at radius 2 is 1.90 bits per heavy atom. The summed E-state index contributed by atoms with van der Waals surface area (Å²) in [7, 11) is 0. The van der Waals surface area contributed by atoms with E-state index in [-0.39, 0.29) is 0 Å². The van der Waals surface area contributed by atoms with Crippen molar-refractivity contribution in [3.8, 4) is 23.1 Å². The SMILES string of the molecule is Nc1c(Oc2cccnc2)ncnc1N1CCN(Cc2ccc3c(c2)OCO3)CC1. The number of hydrogen-bond acceptors (Lipinski definition) is 9. The summed E-state index contributed by atoms with van der Waals surface area (Å²) in [5.74, 6) is 3.26. The number of ether oxygens (including phenoxy) is 3. The first-order chi connectivity index (χ1) is 14.8. The number of nitrogen functional groups attached to an aromatic ring is 1. The number of piperazine rings is 1. The van der Waals surface area contributed by atoms with Gasteiger partial charge in [0.2, 0.25) is 12.7 Å². The lowest BCUT2D eigenvalue weighted by molar-refractivity contribution is 0.174. The highest BCUT2D eigenvalue weighted by Gasteiger charge is 2.23. The van der Waals surface area contributed by atoms with Crippen LogP contribution in [0.25, 0.3) is 0 Å². The maximum atomic E-state index is 6.32. The molecule has 1 aromatic carbocycles. The maximum Gasteiger partial charge on any atom is 0.248 e. The van der Waals surface area contributed by atoms with Crippen molar-refractivity contribution in [2.45, 2.75) is 6.54 Å². The van der Waals surface area contributed by atoms with Crippen LogP contribution in [0.3, 0.4) is 0 Å². The van der Waals surface area contributed by atoms with Gasteiger partial charge in [-0.05, 0) is 29.8 Å². The molecule has 0 radical (unpaired) electrons. The lowest BCUT2D eigenvalue weighted by atomic mass is 10.1. The molecule has 0 unspecified atom stereocenters. The van der Waals surface area contributed by atoms with E-state index in [1.54, 1.807) is 18.5 Å². The first-order valence-electron chi connectivity index (χ1n) is 9.80. The number of aromatic nitrogens is 3. The molecule has 0 saturated carbocycles. The van der Waals surface area contributed by atoms with Gasteiger partial charge in [-0.25, -0.2) is 4.98 Å². The molecule has 1 fully saturated rings. The molecule has 2 aliphatic rings. The van der Waals surface area contributed by atoms with Crippen molar-refractivity contribution in [2.24, 2.45) is 0 Å². The topological polar surface area (TPSA) is 98.9 Å². The highest BCUT2D eigenvalue weighted by atomic mass is 16.7. The van der Waals surface area contributed by atoms with E-state index in [0.29, 0.717) is 29.9 Å². The fraction of sp³-hybridized carbons (Fsp3) is 0.286. The van der Waals surface area contributed by atoms with E-state index < -0.39 is 0 Å². The fourth-order valence-electron chi connectivity index (χ4n) is 3.64. The molecule has 0 bridgehead atoms. The number of pyridine rings is 1. The summed E-state index contributed by atoms with van der Waals surface area (Å²) >= 11 is 0. The van der Waals surface area contributed by atoms with Crippen LogP contribution in [0.4, 0.5) is 11.5 Å². The molecule has 2 N–H and O–H groups in total. The van der Waals surface area contributed by atoms with Crippen molar-refractivity contribution in [3.05, 3.63) is 54.6 Å². The zero-order valence-electron chi connectivity index (χ0n) is 16.4. The average molecular weight is 406 g/mol. The lowest BCUT2D eigenvalue weighted by Gasteiger charge is -2.35. The van der Waals surface area contributed by atoms with Crippen LogP contribution in [0.2, 0.25) is 0 Å². The third-order valence-electron chi connectivity index (χ3n) is 5.19. The van der Waals surface area contributed by atoms with Crippen LogP contribution in [-0.2, 0) is 6.54 Å². The molecule has 5 rings (SSSR count). The Balaban J connectivity index is 1.23. The summed E-state index contributed by atoms with van der Waals surface area (Å²) in [4.78, 5) is 17.2. The summed E-state index contributed by atoms with van der Waals surface area (Å²) < 4.78 is 16.6. The van der Waals surface area contributed by atoms with Gasteiger partial charge in [-0.3, -0.25) is 9.88 Å². The molecular formula is C21H22N6O3. The number of rotatable bonds is 5. The predicted octanol–water partition coefficient (Wildman–Crippen LogP) is 2.30. The van der Waals surface area contributed by atoms with Crippen LogP contribution in [0.5, 0.6) is 23.1 Å². The summed E-state index contributed by atoms with van der Waals surface area (Å²) in [5, 5.41) is 0. The van der Waals surface area contributed by atoms with E-state index in [1.807, 2.05) is 12.1 Å². The van der Waals surface area contributed by atoms with Crippen LogP contribution >= 0.6 is 0 Å². The third-order valence-corrected chi connectivity index (χ3v) is 5.19. The van der Waals surface area contributed by atoms with Gasteiger partial charge < -0.3 is 24.8 Å². The van der Waals surface area contributed by atoms with Crippen LogP contribution in [0, 0.1) is 0 Å². The van der Waals surface area contributed by atoms with Crippen molar-refractivity contribution in [3.63, 3.8) is 0 Å². The summed E-state index contributed by atoms with van der Waals surface area (Å²) in [5.41, 5.74) is 7.97. The van der Waals surface area contributed by atoms with Gasteiger partial charge in [-0.2, -0.15) is 4.98 Å². The maximum absolute atomic E-state index is 6.32. The van der Waals surface area contributed by atoms with E-state index in [2.05, 4.69) is 36.9 Å². The van der Waals surface area contributed by atoms with E-state index >= 15 is 0 Å². The normalized spacial score (nSPS) is 15.9. The monoisotopic (exact) mass is 406 g/mol. The Hall–Kier alpha value is -3.59. The zero-order valence-corrected chi connectivity index (χ0v) is 16.4. The fourth-order valence-corrected chi connectivity index (χ4v) is 3.64. The molecule has 0 amide bonds. The Kier molecular flexibility index (Phi) is 4.94. The first kappa shape index (κ1) is 18.4. The highest BCUT2D eigenvalue weighted by Crippen LogP contribution is 2.34. The second-order valence-electron chi connectivity index (χ2n) is 7.16. The van der Waals surface area contributed by atoms with E-state index in [0.717, 1.165) is 44.2 Å². The minimum Gasteiger partial charge on any atom is -0.454 e. The van der Waals surface area contributed by atoms with Gasteiger partial charge in [0.25, 0.3) is 0 Å². The molecule has 0 spiro atoms. The molecule has 0 atom stereocenters. The van der Waals surface area contributed by atoms with Crippen LogP contribution in [0.15, 0.2) is 49.1 Å². The third kappa shape index (κ3) is 3.79. The highest BCUT2D eigenvalue weighted by molar-refractivity contribution is 5.68. The van der Waals surface area contributed by atoms with Crippen molar-refractivity contribution in [1.82, 2.24) is 19.9 Å². The predicted molar refractivity (Wildman–Crippen MR) is 111 cm³/mol. The molecule has 9 nitrogen and oxygen atoms in total. The molecule has 2 aromatic heterocycles. The quantitative estimate of drug-likeness (QED) is 0.684.